The van der Waals surface area contributed by atoms with Crippen LogP contribution in [-0.2, 0) is 4.79 Å². The van der Waals surface area contributed by atoms with Gasteiger partial charge in [-0.15, -0.1) is 12.4 Å². The van der Waals surface area contributed by atoms with E-state index in [-0.39, 0.29) is 23.9 Å². The Morgan fingerprint density at radius 2 is 2.00 bits per heavy atom. The number of aryl methyl sites for hydroxylation is 1. The minimum absolute atomic E-state index is 0. The van der Waals surface area contributed by atoms with Gasteiger partial charge >= 0.3 is 0 Å². The summed E-state index contributed by atoms with van der Waals surface area (Å²) in [6, 6.07) is 7.92. The first-order valence-electron chi connectivity index (χ1n) is 7.75. The summed E-state index contributed by atoms with van der Waals surface area (Å²) < 4.78 is 5.64. The highest BCUT2D eigenvalue weighted by Gasteiger charge is 2.25. The summed E-state index contributed by atoms with van der Waals surface area (Å²) in [5, 5.41) is 3.07. The van der Waals surface area contributed by atoms with Crippen LogP contribution in [0.25, 0.3) is 0 Å². The molecule has 22 heavy (non-hydrogen) atoms. The summed E-state index contributed by atoms with van der Waals surface area (Å²) in [5.74, 6) is 0.908. The van der Waals surface area contributed by atoms with Crippen LogP contribution in [-0.4, -0.2) is 24.6 Å². The second kappa shape index (κ2) is 10.5. The number of nitrogens with two attached hydrogens (primary N) is 1. The van der Waals surface area contributed by atoms with Crippen molar-refractivity contribution in [1.29, 1.82) is 0 Å². The molecule has 0 aliphatic rings. The average Bonchev–Trinajstić information content (AvgIpc) is 2.49. The first-order chi connectivity index (χ1) is 10.0. The van der Waals surface area contributed by atoms with Crippen LogP contribution < -0.4 is 15.8 Å². The molecular formula is C17H29ClN2O2. The van der Waals surface area contributed by atoms with E-state index in [1.54, 1.807) is 0 Å². The van der Waals surface area contributed by atoms with Crippen molar-refractivity contribution in [2.75, 3.05) is 13.2 Å². The van der Waals surface area contributed by atoms with Gasteiger partial charge in [0.1, 0.15) is 5.75 Å². The highest BCUT2D eigenvalue weighted by molar-refractivity contribution is 5.85. The van der Waals surface area contributed by atoms with E-state index in [2.05, 4.69) is 19.2 Å². The highest BCUT2D eigenvalue weighted by Crippen LogP contribution is 2.14. The highest BCUT2D eigenvalue weighted by atomic mass is 35.5. The van der Waals surface area contributed by atoms with Gasteiger partial charge in [0.25, 0.3) is 0 Å². The molecule has 0 heterocycles. The molecule has 0 aliphatic heterocycles. The van der Waals surface area contributed by atoms with Crippen molar-refractivity contribution in [1.82, 2.24) is 5.32 Å². The van der Waals surface area contributed by atoms with Crippen molar-refractivity contribution < 1.29 is 9.53 Å². The predicted octanol–water partition coefficient (Wildman–Crippen LogP) is 3.21. The van der Waals surface area contributed by atoms with Gasteiger partial charge in [-0.3, -0.25) is 4.79 Å². The van der Waals surface area contributed by atoms with Gasteiger partial charge in [0.15, 0.2) is 0 Å². The minimum Gasteiger partial charge on any atom is -0.494 e. The largest absolute Gasteiger partial charge is 0.494 e. The quantitative estimate of drug-likeness (QED) is 0.684. The molecule has 126 valence electrons. The Morgan fingerprint density at radius 1 is 1.32 bits per heavy atom. The van der Waals surface area contributed by atoms with Gasteiger partial charge < -0.3 is 15.8 Å². The normalized spacial score (nSPS) is 10.7. The van der Waals surface area contributed by atoms with E-state index in [1.807, 2.05) is 31.2 Å². The van der Waals surface area contributed by atoms with E-state index in [9.17, 15) is 4.79 Å². The molecule has 0 bridgehead atoms. The Morgan fingerprint density at radius 3 is 2.55 bits per heavy atom. The van der Waals surface area contributed by atoms with Crippen molar-refractivity contribution >= 4 is 18.3 Å². The molecule has 0 saturated heterocycles. The molecule has 0 saturated carbocycles. The zero-order valence-electron chi connectivity index (χ0n) is 13.9. The second-order valence-corrected chi connectivity index (χ2v) is 5.51. The maximum Gasteiger partial charge on any atom is 0.220 e. The summed E-state index contributed by atoms with van der Waals surface area (Å²) >= 11 is 0. The topological polar surface area (TPSA) is 64.3 Å². The molecule has 0 aliphatic carbocycles. The Bertz CT molecular complexity index is 440. The molecule has 1 aromatic rings. The van der Waals surface area contributed by atoms with Crippen LogP contribution in [0.1, 0.15) is 45.1 Å². The van der Waals surface area contributed by atoms with Crippen LogP contribution in [0.3, 0.4) is 0 Å². The van der Waals surface area contributed by atoms with Crippen LogP contribution in [0, 0.1) is 6.92 Å². The number of ether oxygens (including phenoxy) is 1. The van der Waals surface area contributed by atoms with Crippen molar-refractivity contribution in [3.8, 4) is 5.75 Å². The molecule has 0 fully saturated rings. The Labute approximate surface area is 140 Å². The summed E-state index contributed by atoms with van der Waals surface area (Å²) in [5.41, 5.74) is 6.70. The van der Waals surface area contributed by atoms with Crippen LogP contribution in [0.2, 0.25) is 0 Å². The summed E-state index contributed by atoms with van der Waals surface area (Å²) in [7, 11) is 0. The minimum atomic E-state index is -0.255. The number of hydrogen-bond acceptors (Lipinski definition) is 3. The molecule has 1 amide bonds. The number of nitrogens with one attached hydrogen (secondary N) is 1. The molecule has 1 aromatic carbocycles. The molecular weight excluding hydrogens is 300 g/mol. The predicted molar refractivity (Wildman–Crippen MR) is 93.7 cm³/mol. The Balaban J connectivity index is 0.00000441. The van der Waals surface area contributed by atoms with Crippen LogP contribution >= 0.6 is 12.4 Å². The smallest absolute Gasteiger partial charge is 0.220 e. The molecule has 0 radical (unpaired) electrons. The maximum absolute atomic E-state index is 12.0. The molecule has 1 rings (SSSR count). The number of halogens is 1. The van der Waals surface area contributed by atoms with Gasteiger partial charge in [0.2, 0.25) is 5.91 Å². The van der Waals surface area contributed by atoms with Gasteiger partial charge in [-0.2, -0.15) is 0 Å². The van der Waals surface area contributed by atoms with E-state index in [0.29, 0.717) is 26.0 Å². The summed E-state index contributed by atoms with van der Waals surface area (Å²) in [6.07, 6.45) is 2.87. The van der Waals surface area contributed by atoms with Gasteiger partial charge in [-0.1, -0.05) is 26.0 Å². The molecule has 0 atom stereocenters. The van der Waals surface area contributed by atoms with E-state index in [1.165, 1.54) is 5.56 Å². The fourth-order valence-corrected chi connectivity index (χ4v) is 2.25. The third-order valence-electron chi connectivity index (χ3n) is 3.96. The lowest BCUT2D eigenvalue weighted by Gasteiger charge is -2.31. The fourth-order valence-electron chi connectivity index (χ4n) is 2.25. The molecule has 3 N–H and O–H groups in total. The van der Waals surface area contributed by atoms with Gasteiger partial charge in [0.05, 0.1) is 12.1 Å². The third kappa shape index (κ3) is 6.67. The molecule has 0 aromatic heterocycles. The average molecular weight is 329 g/mol. The lowest BCUT2D eigenvalue weighted by molar-refractivity contribution is -0.123. The van der Waals surface area contributed by atoms with E-state index >= 15 is 0 Å². The first-order valence-corrected chi connectivity index (χ1v) is 7.75. The van der Waals surface area contributed by atoms with Crippen LogP contribution in [0.4, 0.5) is 0 Å². The van der Waals surface area contributed by atoms with Crippen molar-refractivity contribution in [2.45, 2.75) is 52.0 Å². The molecule has 0 spiro atoms. The fraction of sp³-hybridized carbons (Fsp3) is 0.588. The molecule has 5 heteroatoms. The number of amides is 1. The van der Waals surface area contributed by atoms with Crippen molar-refractivity contribution in [3.63, 3.8) is 0 Å². The lowest BCUT2D eigenvalue weighted by atomic mass is 9.92. The van der Waals surface area contributed by atoms with E-state index in [0.717, 1.165) is 18.6 Å². The van der Waals surface area contributed by atoms with Gasteiger partial charge in [0, 0.05) is 13.0 Å². The zero-order valence-corrected chi connectivity index (χ0v) is 14.7. The zero-order chi connectivity index (χ0) is 15.7. The lowest BCUT2D eigenvalue weighted by Crippen LogP contribution is -2.52. The number of carbonyl (C=O) groups is 1. The van der Waals surface area contributed by atoms with Crippen LogP contribution in [0.15, 0.2) is 24.3 Å². The van der Waals surface area contributed by atoms with Gasteiger partial charge in [-0.25, -0.2) is 0 Å². The van der Waals surface area contributed by atoms with E-state index < -0.39 is 0 Å². The van der Waals surface area contributed by atoms with Crippen molar-refractivity contribution in [3.05, 3.63) is 29.8 Å². The molecule has 0 unspecified atom stereocenters. The number of carbonyl (C=O) groups excluding carboxylic acids is 1. The van der Waals surface area contributed by atoms with Crippen LogP contribution in [0.5, 0.6) is 5.75 Å². The number of benzene rings is 1. The summed E-state index contributed by atoms with van der Waals surface area (Å²) in [4.78, 5) is 12.0. The standard InChI is InChI=1S/C17H28N2O2.ClH/c1-4-17(5-2,13-18)19-16(20)10-7-11-21-15-9-6-8-14(3)12-15;/h6,8-9,12H,4-5,7,10-11,13,18H2,1-3H3,(H,19,20);1H. The third-order valence-corrected chi connectivity index (χ3v) is 3.96. The summed E-state index contributed by atoms with van der Waals surface area (Å²) in [6.45, 7) is 7.16. The van der Waals surface area contributed by atoms with Crippen molar-refractivity contribution in [2.24, 2.45) is 5.73 Å². The maximum atomic E-state index is 12.0. The Kier molecular flexibility index (Phi) is 9.86. The monoisotopic (exact) mass is 328 g/mol. The van der Waals surface area contributed by atoms with Gasteiger partial charge in [-0.05, 0) is 43.9 Å². The Hall–Kier alpha value is -1.26. The SMILES string of the molecule is CCC(CC)(CN)NC(=O)CCCOc1cccc(C)c1.Cl. The van der Waals surface area contributed by atoms with E-state index in [4.69, 9.17) is 10.5 Å². The number of hydrogen-bond donors (Lipinski definition) is 2. The first kappa shape index (κ1) is 20.7. The second-order valence-electron chi connectivity index (χ2n) is 5.51. The molecule has 4 nitrogen and oxygen atoms in total. The number of rotatable bonds is 9.